The van der Waals surface area contributed by atoms with Crippen molar-refractivity contribution in [1.82, 2.24) is 10.6 Å². The molecule has 0 bridgehead atoms. The first kappa shape index (κ1) is 20.8. The zero-order valence-corrected chi connectivity index (χ0v) is 16.1. The van der Waals surface area contributed by atoms with Gasteiger partial charge in [0.15, 0.2) is 0 Å². The Morgan fingerprint density at radius 3 is 2.41 bits per heavy atom. The van der Waals surface area contributed by atoms with Crippen molar-refractivity contribution >= 4 is 41.1 Å². The molecule has 0 aliphatic rings. The van der Waals surface area contributed by atoms with Crippen LogP contribution >= 0.6 is 23.4 Å². The van der Waals surface area contributed by atoms with Crippen LogP contribution in [0.2, 0.25) is 5.02 Å². The van der Waals surface area contributed by atoms with Crippen molar-refractivity contribution in [2.24, 2.45) is 5.73 Å². The van der Waals surface area contributed by atoms with Gasteiger partial charge in [-0.2, -0.15) is 0 Å². The normalized spacial score (nSPS) is 10.3. The van der Waals surface area contributed by atoms with Gasteiger partial charge in [-0.05, 0) is 35.4 Å². The number of carbonyl (C=O) groups excluding carboxylic acids is 3. The number of primary amides is 1. The number of nitrogens with two attached hydrogens (primary N) is 1. The van der Waals surface area contributed by atoms with E-state index in [1.807, 2.05) is 24.3 Å². The highest BCUT2D eigenvalue weighted by Gasteiger charge is 2.07. The summed E-state index contributed by atoms with van der Waals surface area (Å²) >= 11 is 7.44. The second-order valence-corrected chi connectivity index (χ2v) is 7.17. The summed E-state index contributed by atoms with van der Waals surface area (Å²) in [5.41, 5.74) is 7.35. The van der Waals surface area contributed by atoms with E-state index in [0.717, 1.165) is 11.1 Å². The van der Waals surface area contributed by atoms with Crippen LogP contribution in [0, 0.1) is 0 Å². The number of rotatable bonds is 9. The molecule has 0 spiro atoms. The summed E-state index contributed by atoms with van der Waals surface area (Å²) in [7, 11) is 0. The van der Waals surface area contributed by atoms with Gasteiger partial charge in [0.2, 0.25) is 11.8 Å². The van der Waals surface area contributed by atoms with Crippen LogP contribution in [-0.2, 0) is 21.9 Å². The SMILES string of the molecule is NC(=O)CNC(=O)c1ccc(CNC(=O)CSCc2cccc(Cl)c2)cc1. The molecule has 0 heterocycles. The highest BCUT2D eigenvalue weighted by atomic mass is 35.5. The number of nitrogens with one attached hydrogen (secondary N) is 2. The zero-order valence-electron chi connectivity index (χ0n) is 14.5. The fourth-order valence-corrected chi connectivity index (χ4v) is 3.20. The lowest BCUT2D eigenvalue weighted by atomic mass is 10.1. The molecule has 0 aliphatic carbocycles. The van der Waals surface area contributed by atoms with Crippen LogP contribution in [0.3, 0.4) is 0 Å². The predicted molar refractivity (Wildman–Crippen MR) is 107 cm³/mol. The highest BCUT2D eigenvalue weighted by molar-refractivity contribution is 7.99. The summed E-state index contributed by atoms with van der Waals surface area (Å²) < 4.78 is 0. The molecule has 2 aromatic rings. The molecule has 0 unspecified atom stereocenters. The van der Waals surface area contributed by atoms with Crippen LogP contribution in [-0.4, -0.2) is 30.0 Å². The lowest BCUT2D eigenvalue weighted by Crippen LogP contribution is -2.33. The topological polar surface area (TPSA) is 101 Å². The van der Waals surface area contributed by atoms with Crippen LogP contribution in [0.1, 0.15) is 21.5 Å². The van der Waals surface area contributed by atoms with E-state index in [9.17, 15) is 14.4 Å². The van der Waals surface area contributed by atoms with Gasteiger partial charge in [-0.3, -0.25) is 14.4 Å². The third-order valence-corrected chi connectivity index (χ3v) is 4.76. The maximum absolute atomic E-state index is 11.9. The molecule has 0 radical (unpaired) electrons. The molecule has 4 N–H and O–H groups in total. The molecule has 142 valence electrons. The molecule has 0 fully saturated rings. The molecule has 2 aromatic carbocycles. The highest BCUT2D eigenvalue weighted by Crippen LogP contribution is 2.16. The number of thioether (sulfide) groups is 1. The second kappa shape index (κ2) is 10.6. The minimum atomic E-state index is -0.601. The first-order chi connectivity index (χ1) is 12.9. The maximum atomic E-state index is 11.9. The van der Waals surface area contributed by atoms with Crippen LogP contribution in [0.25, 0.3) is 0 Å². The van der Waals surface area contributed by atoms with E-state index >= 15 is 0 Å². The molecular weight excluding hydrogens is 386 g/mol. The smallest absolute Gasteiger partial charge is 0.251 e. The van der Waals surface area contributed by atoms with Crippen molar-refractivity contribution in [1.29, 1.82) is 0 Å². The molecule has 2 rings (SSSR count). The third kappa shape index (κ3) is 7.72. The predicted octanol–water partition coefficient (Wildman–Crippen LogP) is 2.10. The van der Waals surface area contributed by atoms with E-state index in [2.05, 4.69) is 10.6 Å². The lowest BCUT2D eigenvalue weighted by molar-refractivity contribution is -0.119. The average Bonchev–Trinajstić information content (AvgIpc) is 2.65. The largest absolute Gasteiger partial charge is 0.368 e. The number of hydrogen-bond donors (Lipinski definition) is 3. The van der Waals surface area contributed by atoms with Crippen LogP contribution in [0.15, 0.2) is 48.5 Å². The van der Waals surface area contributed by atoms with Crippen molar-refractivity contribution in [2.75, 3.05) is 12.3 Å². The standard InChI is InChI=1S/C19H20ClN3O3S/c20-16-3-1-2-14(8-16)11-27-12-18(25)22-9-13-4-6-15(7-5-13)19(26)23-10-17(21)24/h1-8H,9-12H2,(H2,21,24)(H,22,25)(H,23,26). The van der Waals surface area contributed by atoms with Crippen molar-refractivity contribution in [3.8, 4) is 0 Å². The van der Waals surface area contributed by atoms with Gasteiger partial charge in [-0.15, -0.1) is 11.8 Å². The summed E-state index contributed by atoms with van der Waals surface area (Å²) in [6, 6.07) is 14.3. The number of benzene rings is 2. The quantitative estimate of drug-likeness (QED) is 0.594. The molecule has 0 aliphatic heterocycles. The fraction of sp³-hybridized carbons (Fsp3) is 0.211. The first-order valence-corrected chi connectivity index (χ1v) is 9.71. The van der Waals surface area contributed by atoms with Gasteiger partial charge in [-0.25, -0.2) is 0 Å². The molecule has 6 nitrogen and oxygen atoms in total. The summed E-state index contributed by atoms with van der Waals surface area (Å²) in [6.07, 6.45) is 0. The van der Waals surface area contributed by atoms with Crippen LogP contribution < -0.4 is 16.4 Å². The molecule has 0 atom stereocenters. The summed E-state index contributed by atoms with van der Waals surface area (Å²) in [5.74, 6) is 0.0199. The molecule has 0 aromatic heterocycles. The third-order valence-electron chi connectivity index (χ3n) is 3.52. The van der Waals surface area contributed by atoms with Crippen molar-refractivity contribution < 1.29 is 14.4 Å². The Balaban J connectivity index is 1.71. The number of amides is 3. The lowest BCUT2D eigenvalue weighted by Gasteiger charge is -2.07. The zero-order chi connectivity index (χ0) is 19.6. The van der Waals surface area contributed by atoms with Crippen molar-refractivity contribution in [2.45, 2.75) is 12.3 Å². The average molecular weight is 406 g/mol. The van der Waals surface area contributed by atoms with Gasteiger partial charge >= 0.3 is 0 Å². The molecular formula is C19H20ClN3O3S. The molecule has 0 saturated heterocycles. The molecule has 0 saturated carbocycles. The van der Waals surface area contributed by atoms with E-state index in [1.165, 1.54) is 11.8 Å². The Labute approximate surface area is 166 Å². The van der Waals surface area contributed by atoms with Crippen LogP contribution in [0.5, 0.6) is 0 Å². The minimum Gasteiger partial charge on any atom is -0.368 e. The van der Waals surface area contributed by atoms with E-state index in [4.69, 9.17) is 17.3 Å². The number of carbonyl (C=O) groups is 3. The van der Waals surface area contributed by atoms with Crippen molar-refractivity contribution in [3.05, 3.63) is 70.2 Å². The van der Waals surface area contributed by atoms with Gasteiger partial charge in [0.1, 0.15) is 0 Å². The minimum absolute atomic E-state index is 0.0645. The Kier molecular flexibility index (Phi) is 8.16. The van der Waals surface area contributed by atoms with E-state index in [-0.39, 0.29) is 18.4 Å². The fourth-order valence-electron chi connectivity index (χ4n) is 2.18. The van der Waals surface area contributed by atoms with Gasteiger partial charge < -0.3 is 16.4 Å². The monoisotopic (exact) mass is 405 g/mol. The Morgan fingerprint density at radius 2 is 1.74 bits per heavy atom. The van der Waals surface area contributed by atoms with E-state index < -0.39 is 5.91 Å². The summed E-state index contributed by atoms with van der Waals surface area (Å²) in [4.78, 5) is 34.4. The Bertz CT molecular complexity index is 812. The van der Waals surface area contributed by atoms with Gasteiger partial charge in [0.25, 0.3) is 5.91 Å². The van der Waals surface area contributed by atoms with Gasteiger partial charge in [0, 0.05) is 22.9 Å². The first-order valence-electron chi connectivity index (χ1n) is 8.18. The van der Waals surface area contributed by atoms with Gasteiger partial charge in [0.05, 0.1) is 12.3 Å². The maximum Gasteiger partial charge on any atom is 0.251 e. The molecule has 27 heavy (non-hydrogen) atoms. The summed E-state index contributed by atoms with van der Waals surface area (Å²) in [5, 5.41) is 5.94. The van der Waals surface area contributed by atoms with Crippen LogP contribution in [0.4, 0.5) is 0 Å². The van der Waals surface area contributed by atoms with E-state index in [1.54, 1.807) is 24.3 Å². The molecule has 8 heteroatoms. The van der Waals surface area contributed by atoms with Gasteiger partial charge in [-0.1, -0.05) is 35.9 Å². The Morgan fingerprint density at radius 1 is 1.00 bits per heavy atom. The second-order valence-electron chi connectivity index (χ2n) is 5.75. The Hall–Kier alpha value is -2.51. The number of halogens is 1. The van der Waals surface area contributed by atoms with Crippen molar-refractivity contribution in [3.63, 3.8) is 0 Å². The number of hydrogen-bond acceptors (Lipinski definition) is 4. The summed E-state index contributed by atoms with van der Waals surface area (Å²) in [6.45, 7) is 0.170. The molecule has 3 amide bonds. The van der Waals surface area contributed by atoms with E-state index in [0.29, 0.717) is 28.6 Å².